The number of anilines is 1. The van der Waals surface area contributed by atoms with E-state index >= 15 is 0 Å². The van der Waals surface area contributed by atoms with Crippen molar-refractivity contribution in [1.82, 2.24) is 9.97 Å². The van der Waals surface area contributed by atoms with Gasteiger partial charge in [-0.15, -0.1) is 11.3 Å². The number of aromatic nitrogens is 2. The Morgan fingerprint density at radius 1 is 1.37 bits per heavy atom. The Kier molecular flexibility index (Phi) is 6.00. The SMILES string of the molecule is Cc1ccc(OC(C)C(=O)N(c2nccs2)C2CCCCC2)c([N+](=O)[O-])n1. The van der Waals surface area contributed by atoms with Crippen molar-refractivity contribution in [2.24, 2.45) is 0 Å². The lowest BCUT2D eigenvalue weighted by atomic mass is 9.94. The molecule has 1 amide bonds. The average molecular weight is 390 g/mol. The fourth-order valence-corrected chi connectivity index (χ4v) is 4.01. The summed E-state index contributed by atoms with van der Waals surface area (Å²) in [5.74, 6) is -0.631. The molecule has 3 rings (SSSR count). The predicted molar refractivity (Wildman–Crippen MR) is 102 cm³/mol. The predicted octanol–water partition coefficient (Wildman–Crippen LogP) is 3.89. The molecular weight excluding hydrogens is 368 g/mol. The molecule has 27 heavy (non-hydrogen) atoms. The number of thiazole rings is 1. The monoisotopic (exact) mass is 390 g/mol. The molecule has 0 aromatic carbocycles. The second-order valence-electron chi connectivity index (χ2n) is 6.61. The number of aryl methyl sites for hydroxylation is 1. The van der Waals surface area contributed by atoms with E-state index in [4.69, 9.17) is 4.74 Å². The third kappa shape index (κ3) is 4.41. The van der Waals surface area contributed by atoms with Crippen LogP contribution in [0.1, 0.15) is 44.7 Å². The van der Waals surface area contributed by atoms with Crippen LogP contribution in [0.4, 0.5) is 10.9 Å². The number of ether oxygens (including phenoxy) is 1. The van der Waals surface area contributed by atoms with E-state index in [0.29, 0.717) is 10.8 Å². The molecule has 144 valence electrons. The van der Waals surface area contributed by atoms with Gasteiger partial charge in [0.15, 0.2) is 11.2 Å². The first-order chi connectivity index (χ1) is 13.0. The quantitative estimate of drug-likeness (QED) is 0.548. The summed E-state index contributed by atoms with van der Waals surface area (Å²) >= 11 is 1.40. The maximum atomic E-state index is 13.2. The van der Waals surface area contributed by atoms with E-state index in [9.17, 15) is 14.9 Å². The maximum Gasteiger partial charge on any atom is 0.406 e. The van der Waals surface area contributed by atoms with Crippen molar-refractivity contribution >= 4 is 28.2 Å². The summed E-state index contributed by atoms with van der Waals surface area (Å²) in [6, 6.07) is 3.19. The molecule has 1 aliphatic rings. The van der Waals surface area contributed by atoms with E-state index < -0.39 is 11.0 Å². The number of carbonyl (C=O) groups is 1. The van der Waals surface area contributed by atoms with Gasteiger partial charge in [-0.1, -0.05) is 19.3 Å². The molecule has 1 unspecified atom stereocenters. The fraction of sp³-hybridized carbons (Fsp3) is 0.500. The number of carbonyl (C=O) groups excluding carboxylic acids is 1. The Hall–Kier alpha value is -2.55. The van der Waals surface area contributed by atoms with Crippen molar-refractivity contribution in [3.8, 4) is 5.75 Å². The highest BCUT2D eigenvalue weighted by molar-refractivity contribution is 7.13. The zero-order valence-corrected chi connectivity index (χ0v) is 16.1. The molecule has 9 heteroatoms. The van der Waals surface area contributed by atoms with Crippen LogP contribution in [0.15, 0.2) is 23.7 Å². The molecule has 0 N–H and O–H groups in total. The Bertz CT molecular complexity index is 806. The van der Waals surface area contributed by atoms with Crippen LogP contribution in [0.25, 0.3) is 0 Å². The molecular formula is C18H22N4O4S. The minimum absolute atomic E-state index is 0.00539. The zero-order valence-electron chi connectivity index (χ0n) is 15.3. The average Bonchev–Trinajstić information content (AvgIpc) is 3.18. The number of rotatable bonds is 6. The van der Waals surface area contributed by atoms with Gasteiger partial charge in [0, 0.05) is 24.5 Å². The normalized spacial score (nSPS) is 15.9. The van der Waals surface area contributed by atoms with Crippen molar-refractivity contribution in [1.29, 1.82) is 0 Å². The van der Waals surface area contributed by atoms with Crippen molar-refractivity contribution in [3.05, 3.63) is 39.5 Å². The number of nitro groups is 1. The maximum absolute atomic E-state index is 13.2. The molecule has 2 heterocycles. The van der Waals surface area contributed by atoms with E-state index in [1.807, 2.05) is 5.38 Å². The highest BCUT2D eigenvalue weighted by Gasteiger charge is 2.33. The summed E-state index contributed by atoms with van der Waals surface area (Å²) < 4.78 is 5.67. The lowest BCUT2D eigenvalue weighted by Crippen LogP contribution is -2.47. The summed E-state index contributed by atoms with van der Waals surface area (Å²) in [6.07, 6.45) is 5.94. The third-order valence-electron chi connectivity index (χ3n) is 4.61. The summed E-state index contributed by atoms with van der Waals surface area (Å²) in [6.45, 7) is 3.27. The molecule has 1 saturated carbocycles. The largest absolute Gasteiger partial charge is 0.473 e. The molecule has 0 spiro atoms. The first kappa shape index (κ1) is 19.2. The number of hydrogen-bond acceptors (Lipinski definition) is 7. The Morgan fingerprint density at radius 2 is 2.11 bits per heavy atom. The number of pyridine rings is 1. The number of hydrogen-bond donors (Lipinski definition) is 0. The van der Waals surface area contributed by atoms with Gasteiger partial charge >= 0.3 is 5.82 Å². The van der Waals surface area contributed by atoms with Gasteiger partial charge in [-0.25, -0.2) is 4.98 Å². The minimum atomic E-state index is -0.890. The summed E-state index contributed by atoms with van der Waals surface area (Å²) in [7, 11) is 0. The van der Waals surface area contributed by atoms with Crippen LogP contribution in [-0.4, -0.2) is 32.9 Å². The van der Waals surface area contributed by atoms with E-state index in [2.05, 4.69) is 9.97 Å². The molecule has 1 aliphatic carbocycles. The van der Waals surface area contributed by atoms with E-state index in [-0.39, 0.29) is 23.5 Å². The highest BCUT2D eigenvalue weighted by atomic mass is 32.1. The van der Waals surface area contributed by atoms with Gasteiger partial charge in [0.2, 0.25) is 5.75 Å². The molecule has 0 radical (unpaired) electrons. The van der Waals surface area contributed by atoms with Crippen LogP contribution in [0.2, 0.25) is 0 Å². The first-order valence-corrected chi connectivity index (χ1v) is 9.86. The fourth-order valence-electron chi connectivity index (χ4n) is 3.29. The van der Waals surface area contributed by atoms with Crippen LogP contribution in [-0.2, 0) is 4.79 Å². The van der Waals surface area contributed by atoms with Crippen molar-refractivity contribution in [2.45, 2.75) is 58.1 Å². The van der Waals surface area contributed by atoms with Gasteiger partial charge in [0.1, 0.15) is 5.69 Å². The van der Waals surface area contributed by atoms with Gasteiger partial charge in [-0.2, -0.15) is 0 Å². The van der Waals surface area contributed by atoms with Gasteiger partial charge in [-0.3, -0.25) is 9.69 Å². The highest BCUT2D eigenvalue weighted by Crippen LogP contribution is 2.31. The van der Waals surface area contributed by atoms with Gasteiger partial charge in [-0.05, 0) is 41.8 Å². The Balaban J connectivity index is 1.83. The lowest BCUT2D eigenvalue weighted by Gasteiger charge is -2.34. The van der Waals surface area contributed by atoms with Crippen molar-refractivity contribution in [3.63, 3.8) is 0 Å². The van der Waals surface area contributed by atoms with E-state index in [1.165, 1.54) is 23.8 Å². The molecule has 0 saturated heterocycles. The van der Waals surface area contributed by atoms with Crippen molar-refractivity contribution < 1.29 is 14.5 Å². The number of nitrogens with zero attached hydrogens (tertiary/aromatic N) is 4. The van der Waals surface area contributed by atoms with Gasteiger partial charge < -0.3 is 14.9 Å². The van der Waals surface area contributed by atoms with Gasteiger partial charge in [0.05, 0.1) is 0 Å². The van der Waals surface area contributed by atoms with Crippen LogP contribution in [0.3, 0.4) is 0 Å². The smallest absolute Gasteiger partial charge is 0.406 e. The van der Waals surface area contributed by atoms with Crippen LogP contribution < -0.4 is 9.64 Å². The molecule has 0 aliphatic heterocycles. The molecule has 1 fully saturated rings. The first-order valence-electron chi connectivity index (χ1n) is 8.98. The van der Waals surface area contributed by atoms with Crippen LogP contribution in [0, 0.1) is 17.0 Å². The Morgan fingerprint density at radius 3 is 2.74 bits per heavy atom. The summed E-state index contributed by atoms with van der Waals surface area (Å²) in [4.78, 5) is 33.8. The molecule has 8 nitrogen and oxygen atoms in total. The summed E-state index contributed by atoms with van der Waals surface area (Å²) in [5, 5.41) is 13.7. The Labute approximate surface area is 161 Å². The molecule has 2 aromatic heterocycles. The van der Waals surface area contributed by atoms with E-state index in [0.717, 1.165) is 25.7 Å². The standard InChI is InChI=1S/C18H22N4O4S/c1-12-8-9-15(16(20-12)22(24)25)26-13(2)17(23)21(18-19-10-11-27-18)14-6-4-3-5-7-14/h8-11,13-14H,3-7H2,1-2H3. The summed E-state index contributed by atoms with van der Waals surface area (Å²) in [5.41, 5.74) is 0.514. The minimum Gasteiger partial charge on any atom is -0.473 e. The van der Waals surface area contributed by atoms with Crippen LogP contribution in [0.5, 0.6) is 5.75 Å². The van der Waals surface area contributed by atoms with Crippen LogP contribution >= 0.6 is 11.3 Å². The third-order valence-corrected chi connectivity index (χ3v) is 5.38. The second-order valence-corrected chi connectivity index (χ2v) is 7.48. The van der Waals surface area contributed by atoms with E-state index in [1.54, 1.807) is 31.0 Å². The van der Waals surface area contributed by atoms with Crippen molar-refractivity contribution in [2.75, 3.05) is 4.90 Å². The topological polar surface area (TPSA) is 98.5 Å². The second kappa shape index (κ2) is 8.43. The molecule has 0 bridgehead atoms. The van der Waals surface area contributed by atoms with Gasteiger partial charge in [0.25, 0.3) is 5.91 Å². The lowest BCUT2D eigenvalue weighted by molar-refractivity contribution is -0.390. The number of amides is 1. The zero-order chi connectivity index (χ0) is 19.4. The molecule has 1 atom stereocenters. The molecule has 2 aromatic rings.